The summed E-state index contributed by atoms with van der Waals surface area (Å²) in [4.78, 5) is 0. The van der Waals surface area contributed by atoms with E-state index in [4.69, 9.17) is 4.74 Å². The van der Waals surface area contributed by atoms with E-state index in [1.807, 2.05) is 24.3 Å². The highest BCUT2D eigenvalue weighted by Gasteiger charge is 2.46. The van der Waals surface area contributed by atoms with Gasteiger partial charge in [-0.2, -0.15) is 0 Å². The molecule has 1 aromatic rings. The number of ether oxygens (including phenoxy) is 1. The topological polar surface area (TPSA) is 41.5 Å². The summed E-state index contributed by atoms with van der Waals surface area (Å²) in [5, 5.41) is 14.2. The smallest absolute Gasteiger partial charge is 0.119 e. The zero-order valence-electron chi connectivity index (χ0n) is 10.1. The van der Waals surface area contributed by atoms with Gasteiger partial charge in [-0.3, -0.25) is 0 Å². The van der Waals surface area contributed by atoms with Gasteiger partial charge in [-0.1, -0.05) is 12.1 Å². The van der Waals surface area contributed by atoms with Gasteiger partial charge in [0.15, 0.2) is 0 Å². The maximum Gasteiger partial charge on any atom is 0.119 e. The molecule has 1 aliphatic carbocycles. The fourth-order valence-corrected chi connectivity index (χ4v) is 3.36. The number of hydrogen-bond acceptors (Lipinski definition) is 3. The van der Waals surface area contributed by atoms with E-state index >= 15 is 0 Å². The van der Waals surface area contributed by atoms with Crippen molar-refractivity contribution >= 4 is 0 Å². The molecule has 0 unspecified atom stereocenters. The van der Waals surface area contributed by atoms with E-state index < -0.39 is 5.60 Å². The number of aliphatic hydroxyl groups is 1. The Bertz CT molecular complexity index is 406. The van der Waals surface area contributed by atoms with Gasteiger partial charge in [-0.05, 0) is 55.5 Å². The van der Waals surface area contributed by atoms with Crippen molar-refractivity contribution < 1.29 is 9.84 Å². The largest absolute Gasteiger partial charge is 0.497 e. The van der Waals surface area contributed by atoms with Gasteiger partial charge in [0.05, 0.1) is 12.7 Å². The van der Waals surface area contributed by atoms with Crippen molar-refractivity contribution in [2.24, 2.45) is 11.8 Å². The minimum Gasteiger partial charge on any atom is -0.497 e. The molecule has 92 valence electrons. The van der Waals surface area contributed by atoms with E-state index in [0.29, 0.717) is 11.8 Å². The first-order chi connectivity index (χ1) is 8.21. The van der Waals surface area contributed by atoms with Crippen LogP contribution in [0.15, 0.2) is 24.3 Å². The molecule has 0 radical (unpaired) electrons. The fourth-order valence-electron chi connectivity index (χ4n) is 3.36. The number of fused-ring (bicyclic) bond motifs is 1. The summed E-state index contributed by atoms with van der Waals surface area (Å²) in [7, 11) is 1.66. The zero-order valence-corrected chi connectivity index (χ0v) is 10.1. The first kappa shape index (κ1) is 11.1. The molecule has 1 saturated heterocycles. The van der Waals surface area contributed by atoms with Crippen molar-refractivity contribution in [3.63, 3.8) is 0 Å². The lowest BCUT2D eigenvalue weighted by atomic mass is 9.90. The SMILES string of the molecule is COc1cccc([C@]2(O)C[C@H]3CNC[C@H]3C2)c1. The number of methoxy groups -OCH3 is 1. The second-order valence-corrected chi connectivity index (χ2v) is 5.35. The highest BCUT2D eigenvalue weighted by atomic mass is 16.5. The van der Waals surface area contributed by atoms with Crippen molar-refractivity contribution in [1.29, 1.82) is 0 Å². The Morgan fingerprint density at radius 2 is 2.00 bits per heavy atom. The second kappa shape index (κ2) is 4.00. The molecule has 1 heterocycles. The lowest BCUT2D eigenvalue weighted by Crippen LogP contribution is -2.25. The Kier molecular flexibility index (Phi) is 2.60. The molecule has 3 nitrogen and oxygen atoms in total. The maximum absolute atomic E-state index is 10.8. The third-order valence-corrected chi connectivity index (χ3v) is 4.29. The van der Waals surface area contributed by atoms with Crippen molar-refractivity contribution in [3.05, 3.63) is 29.8 Å². The molecule has 0 spiro atoms. The quantitative estimate of drug-likeness (QED) is 0.813. The Balaban J connectivity index is 1.87. The first-order valence-corrected chi connectivity index (χ1v) is 6.29. The third-order valence-electron chi connectivity index (χ3n) is 4.29. The second-order valence-electron chi connectivity index (χ2n) is 5.35. The highest BCUT2D eigenvalue weighted by Crippen LogP contribution is 2.47. The summed E-state index contributed by atoms with van der Waals surface area (Å²) >= 11 is 0. The summed E-state index contributed by atoms with van der Waals surface area (Å²) in [5.41, 5.74) is 0.359. The van der Waals surface area contributed by atoms with Crippen LogP contribution in [0.4, 0.5) is 0 Å². The maximum atomic E-state index is 10.8. The lowest BCUT2D eigenvalue weighted by molar-refractivity contribution is 0.0356. The van der Waals surface area contributed by atoms with Crippen LogP contribution in [-0.4, -0.2) is 25.3 Å². The van der Waals surface area contributed by atoms with Gasteiger partial charge in [0.25, 0.3) is 0 Å². The normalized spacial score (nSPS) is 35.9. The van der Waals surface area contributed by atoms with Gasteiger partial charge in [0, 0.05) is 0 Å². The van der Waals surface area contributed by atoms with Gasteiger partial charge >= 0.3 is 0 Å². The van der Waals surface area contributed by atoms with Crippen LogP contribution in [0.1, 0.15) is 18.4 Å². The third kappa shape index (κ3) is 1.83. The summed E-state index contributed by atoms with van der Waals surface area (Å²) in [6.45, 7) is 2.11. The van der Waals surface area contributed by atoms with Crippen LogP contribution < -0.4 is 10.1 Å². The average Bonchev–Trinajstić information content (AvgIpc) is 2.88. The minimum absolute atomic E-state index is 0.631. The van der Waals surface area contributed by atoms with Crippen LogP contribution in [0.2, 0.25) is 0 Å². The molecule has 1 aliphatic heterocycles. The van der Waals surface area contributed by atoms with E-state index in [1.54, 1.807) is 7.11 Å². The fraction of sp³-hybridized carbons (Fsp3) is 0.571. The number of hydrogen-bond donors (Lipinski definition) is 2. The van der Waals surface area contributed by atoms with Crippen LogP contribution in [0.25, 0.3) is 0 Å². The molecular formula is C14H19NO2. The molecule has 3 rings (SSSR count). The number of rotatable bonds is 2. The summed E-state index contributed by atoms with van der Waals surface area (Å²) in [5.74, 6) is 2.09. The minimum atomic E-state index is -0.647. The van der Waals surface area contributed by atoms with E-state index in [0.717, 1.165) is 37.2 Å². The van der Waals surface area contributed by atoms with E-state index in [9.17, 15) is 5.11 Å². The highest BCUT2D eigenvalue weighted by molar-refractivity contribution is 5.33. The molecule has 3 heteroatoms. The van der Waals surface area contributed by atoms with Gasteiger partial charge in [-0.25, -0.2) is 0 Å². The lowest BCUT2D eigenvalue weighted by Gasteiger charge is -2.24. The van der Waals surface area contributed by atoms with Crippen LogP contribution in [-0.2, 0) is 5.60 Å². The zero-order chi connectivity index (χ0) is 11.9. The van der Waals surface area contributed by atoms with Gasteiger partial charge < -0.3 is 15.2 Å². The summed E-state index contributed by atoms with van der Waals surface area (Å²) in [6.07, 6.45) is 1.75. The molecule has 17 heavy (non-hydrogen) atoms. The van der Waals surface area contributed by atoms with Gasteiger partial charge in [0.1, 0.15) is 5.75 Å². The number of benzene rings is 1. The molecule has 1 saturated carbocycles. The Hall–Kier alpha value is -1.06. The molecule has 0 amide bonds. The Labute approximate surface area is 102 Å². The van der Waals surface area contributed by atoms with Crippen molar-refractivity contribution in [1.82, 2.24) is 5.32 Å². The van der Waals surface area contributed by atoms with E-state index in [-0.39, 0.29) is 0 Å². The van der Waals surface area contributed by atoms with Crippen LogP contribution in [0.3, 0.4) is 0 Å². The van der Waals surface area contributed by atoms with Gasteiger partial charge in [0.2, 0.25) is 0 Å². The first-order valence-electron chi connectivity index (χ1n) is 6.29. The van der Waals surface area contributed by atoms with E-state index in [2.05, 4.69) is 5.32 Å². The molecule has 2 aliphatic rings. The summed E-state index contributed by atoms with van der Waals surface area (Å²) < 4.78 is 5.23. The summed E-state index contributed by atoms with van der Waals surface area (Å²) in [6, 6.07) is 7.86. The molecular weight excluding hydrogens is 214 g/mol. The van der Waals surface area contributed by atoms with Crippen LogP contribution >= 0.6 is 0 Å². The average molecular weight is 233 g/mol. The van der Waals surface area contributed by atoms with E-state index in [1.165, 1.54) is 0 Å². The molecule has 3 atom stereocenters. The predicted octanol–water partition coefficient (Wildman–Crippen LogP) is 1.51. The number of nitrogens with one attached hydrogen (secondary N) is 1. The molecule has 1 aromatic carbocycles. The molecule has 0 bridgehead atoms. The molecule has 2 fully saturated rings. The standard InChI is InChI=1S/C14H19NO2/c1-17-13-4-2-3-12(5-13)14(16)6-10-8-15-9-11(10)7-14/h2-5,10-11,15-16H,6-9H2,1H3/t10-,11+,14-. The van der Waals surface area contributed by atoms with Gasteiger partial charge in [-0.15, -0.1) is 0 Å². The Morgan fingerprint density at radius 1 is 1.29 bits per heavy atom. The monoisotopic (exact) mass is 233 g/mol. The van der Waals surface area contributed by atoms with Crippen molar-refractivity contribution in [3.8, 4) is 5.75 Å². The molecule has 0 aromatic heterocycles. The Morgan fingerprint density at radius 3 is 2.65 bits per heavy atom. The van der Waals surface area contributed by atoms with Crippen molar-refractivity contribution in [2.45, 2.75) is 18.4 Å². The van der Waals surface area contributed by atoms with Crippen LogP contribution in [0, 0.1) is 11.8 Å². The van der Waals surface area contributed by atoms with Crippen molar-refractivity contribution in [2.75, 3.05) is 20.2 Å². The predicted molar refractivity (Wildman–Crippen MR) is 66.0 cm³/mol. The molecule has 2 N–H and O–H groups in total. The van der Waals surface area contributed by atoms with Crippen LogP contribution in [0.5, 0.6) is 5.75 Å².